The number of halogens is 4. The van der Waals surface area contributed by atoms with Gasteiger partial charge in [0.05, 0.1) is 0 Å². The summed E-state index contributed by atoms with van der Waals surface area (Å²) in [6.45, 7) is 1.97. The Morgan fingerprint density at radius 2 is 1.67 bits per heavy atom. The molecule has 1 nitrogen and oxygen atoms in total. The summed E-state index contributed by atoms with van der Waals surface area (Å²) in [5.74, 6) is -1.05. The van der Waals surface area contributed by atoms with Gasteiger partial charge in [0.2, 0.25) is 0 Å². The lowest BCUT2D eigenvalue weighted by Crippen LogP contribution is -2.09. The maximum Gasteiger partial charge on any atom is 0.412 e. The average molecular weight is 183 g/mol. The number of hydrogen-bond donors (Lipinski definition) is 1. The molecule has 0 radical (unpaired) electrons. The third kappa shape index (κ3) is 3.41. The van der Waals surface area contributed by atoms with Crippen molar-refractivity contribution in [2.45, 2.75) is 20.0 Å². The molecule has 70 valence electrons. The molecule has 0 unspecified atom stereocenters. The second-order valence-corrected chi connectivity index (χ2v) is 2.36. The van der Waals surface area contributed by atoms with Gasteiger partial charge in [0.1, 0.15) is 5.83 Å². The number of nitrogens with two attached hydrogens (primary N) is 1. The molecule has 0 bridgehead atoms. The Morgan fingerprint density at radius 1 is 1.25 bits per heavy atom. The third-order valence-corrected chi connectivity index (χ3v) is 1.17. The fourth-order valence-corrected chi connectivity index (χ4v) is 0.386. The van der Waals surface area contributed by atoms with Crippen LogP contribution in [0.25, 0.3) is 0 Å². The second kappa shape index (κ2) is 3.60. The molecule has 0 heterocycles. The van der Waals surface area contributed by atoms with E-state index in [4.69, 9.17) is 5.73 Å². The number of alkyl halides is 3. The van der Waals surface area contributed by atoms with Crippen LogP contribution in [0.3, 0.4) is 0 Å². The van der Waals surface area contributed by atoms with Crippen molar-refractivity contribution in [1.29, 1.82) is 0 Å². The summed E-state index contributed by atoms with van der Waals surface area (Å²) >= 11 is 0. The van der Waals surface area contributed by atoms with Gasteiger partial charge in [-0.25, -0.2) is 4.39 Å². The summed E-state index contributed by atoms with van der Waals surface area (Å²) in [5, 5.41) is 0. The van der Waals surface area contributed by atoms with Crippen LogP contribution in [0.1, 0.15) is 13.8 Å². The summed E-state index contributed by atoms with van der Waals surface area (Å²) < 4.78 is 47.8. The molecule has 0 spiro atoms. The lowest BCUT2D eigenvalue weighted by molar-refractivity contribution is -0.0914. The molecular weight excluding hydrogens is 174 g/mol. The van der Waals surface area contributed by atoms with Crippen molar-refractivity contribution in [1.82, 2.24) is 0 Å². The summed E-state index contributed by atoms with van der Waals surface area (Å²) in [7, 11) is 0. The fourth-order valence-electron chi connectivity index (χ4n) is 0.386. The molecule has 0 fully saturated rings. The molecule has 0 aliphatic rings. The van der Waals surface area contributed by atoms with E-state index in [1.165, 1.54) is 6.92 Å². The van der Waals surface area contributed by atoms with Crippen LogP contribution in [0.15, 0.2) is 23.2 Å². The van der Waals surface area contributed by atoms with E-state index >= 15 is 0 Å². The van der Waals surface area contributed by atoms with E-state index in [2.05, 4.69) is 0 Å². The van der Waals surface area contributed by atoms with Gasteiger partial charge in [-0.05, 0) is 19.9 Å². The first-order valence-electron chi connectivity index (χ1n) is 3.12. The third-order valence-electron chi connectivity index (χ3n) is 1.17. The van der Waals surface area contributed by atoms with Crippen molar-refractivity contribution < 1.29 is 17.6 Å². The summed E-state index contributed by atoms with van der Waals surface area (Å²) in [4.78, 5) is 0. The maximum absolute atomic E-state index is 12.5. The highest BCUT2D eigenvalue weighted by molar-refractivity contribution is 5.22. The van der Waals surface area contributed by atoms with Crippen LogP contribution in [0.5, 0.6) is 0 Å². The van der Waals surface area contributed by atoms with E-state index < -0.39 is 17.6 Å². The molecule has 0 rings (SSSR count). The van der Waals surface area contributed by atoms with Crippen molar-refractivity contribution in [2.75, 3.05) is 0 Å². The molecule has 0 atom stereocenters. The predicted molar refractivity (Wildman–Crippen MR) is 37.8 cm³/mol. The molecule has 0 saturated carbocycles. The van der Waals surface area contributed by atoms with Crippen LogP contribution in [0, 0.1) is 0 Å². The van der Waals surface area contributed by atoms with Crippen LogP contribution >= 0.6 is 0 Å². The minimum Gasteiger partial charge on any atom is -0.400 e. The Kier molecular flexibility index (Phi) is 3.30. The van der Waals surface area contributed by atoms with E-state index in [0.29, 0.717) is 6.08 Å². The zero-order valence-corrected chi connectivity index (χ0v) is 6.67. The van der Waals surface area contributed by atoms with Gasteiger partial charge >= 0.3 is 6.18 Å². The zero-order chi connectivity index (χ0) is 9.94. The van der Waals surface area contributed by atoms with E-state index in [-0.39, 0.29) is 5.70 Å². The number of allylic oxidation sites excluding steroid dienone is 4. The smallest absolute Gasteiger partial charge is 0.400 e. The highest BCUT2D eigenvalue weighted by Gasteiger charge is 2.30. The van der Waals surface area contributed by atoms with E-state index in [0.717, 1.165) is 6.92 Å². The molecule has 5 heteroatoms. The minimum atomic E-state index is -4.49. The predicted octanol–water partition coefficient (Wildman–Crippen LogP) is 2.65. The first-order valence-corrected chi connectivity index (χ1v) is 3.12. The lowest BCUT2D eigenvalue weighted by Gasteiger charge is -2.05. The molecule has 0 aromatic heterocycles. The first kappa shape index (κ1) is 11.0. The molecule has 0 aliphatic heterocycles. The molecule has 0 amide bonds. The minimum absolute atomic E-state index is 0.265. The van der Waals surface area contributed by atoms with Crippen LogP contribution in [-0.2, 0) is 0 Å². The van der Waals surface area contributed by atoms with Gasteiger partial charge in [-0.3, -0.25) is 0 Å². The van der Waals surface area contributed by atoms with Crippen LogP contribution in [0.2, 0.25) is 0 Å². The standard InChI is InChI=1S/C7H9F4N/c1-4(7(9,10)11)3-6(8)5(2)12/h3H,12H2,1-2H3/b4-3+,6-5-. The zero-order valence-electron chi connectivity index (χ0n) is 6.67. The molecule has 12 heavy (non-hydrogen) atoms. The van der Waals surface area contributed by atoms with Crippen molar-refractivity contribution in [3.63, 3.8) is 0 Å². The van der Waals surface area contributed by atoms with Gasteiger partial charge in [-0.2, -0.15) is 13.2 Å². The highest BCUT2D eigenvalue weighted by Crippen LogP contribution is 2.26. The van der Waals surface area contributed by atoms with E-state index in [9.17, 15) is 17.6 Å². The first-order chi connectivity index (χ1) is 5.25. The molecule has 0 aromatic rings. The van der Waals surface area contributed by atoms with Gasteiger partial charge < -0.3 is 5.73 Å². The summed E-state index contributed by atoms with van der Waals surface area (Å²) in [6.07, 6.45) is -4.12. The second-order valence-electron chi connectivity index (χ2n) is 2.36. The van der Waals surface area contributed by atoms with Crippen molar-refractivity contribution >= 4 is 0 Å². The summed E-state index contributed by atoms with van der Waals surface area (Å²) in [6, 6.07) is 0. The van der Waals surface area contributed by atoms with Crippen molar-refractivity contribution in [2.24, 2.45) is 5.73 Å². The van der Waals surface area contributed by atoms with Gasteiger partial charge in [0, 0.05) is 11.3 Å². The fraction of sp³-hybridized carbons (Fsp3) is 0.429. The van der Waals surface area contributed by atoms with Gasteiger partial charge in [-0.1, -0.05) is 0 Å². The largest absolute Gasteiger partial charge is 0.412 e. The van der Waals surface area contributed by atoms with Crippen molar-refractivity contribution in [3.05, 3.63) is 23.2 Å². The van der Waals surface area contributed by atoms with Crippen LogP contribution in [0.4, 0.5) is 17.6 Å². The number of hydrogen-bond acceptors (Lipinski definition) is 1. The Hall–Kier alpha value is -1.00. The SMILES string of the molecule is C/C(N)=C(F)\C=C(/C)C(F)(F)F. The Balaban J connectivity index is 4.71. The van der Waals surface area contributed by atoms with Crippen molar-refractivity contribution in [3.8, 4) is 0 Å². The number of rotatable bonds is 1. The quantitative estimate of drug-likeness (QED) is 0.490. The Bertz CT molecular complexity index is 220. The van der Waals surface area contributed by atoms with Crippen LogP contribution in [-0.4, -0.2) is 6.18 Å². The van der Waals surface area contributed by atoms with Gasteiger partial charge in [-0.15, -0.1) is 0 Å². The average Bonchev–Trinajstić information content (AvgIpc) is 1.85. The lowest BCUT2D eigenvalue weighted by atomic mass is 10.2. The molecular formula is C7H9F4N. The Labute approximate surface area is 67.6 Å². The Morgan fingerprint density at radius 3 is 1.92 bits per heavy atom. The van der Waals surface area contributed by atoms with E-state index in [1.54, 1.807) is 0 Å². The highest BCUT2D eigenvalue weighted by atomic mass is 19.4. The molecule has 0 aromatic carbocycles. The molecule has 0 saturated heterocycles. The normalized spacial score (nSPS) is 16.0. The monoisotopic (exact) mass is 183 g/mol. The van der Waals surface area contributed by atoms with Gasteiger partial charge in [0.25, 0.3) is 0 Å². The summed E-state index contributed by atoms with van der Waals surface area (Å²) in [5.41, 5.74) is 3.65. The van der Waals surface area contributed by atoms with E-state index in [1.807, 2.05) is 0 Å². The van der Waals surface area contributed by atoms with Gasteiger partial charge in [0.15, 0.2) is 0 Å². The topological polar surface area (TPSA) is 26.0 Å². The molecule has 0 aliphatic carbocycles. The van der Waals surface area contributed by atoms with Crippen LogP contribution < -0.4 is 5.73 Å². The molecule has 2 N–H and O–H groups in total. The maximum atomic E-state index is 12.5.